The number of nitrogens with one attached hydrogen (secondary N) is 2. The molecular weight excluding hydrogens is 345 g/mol. The maximum atomic E-state index is 14.6. The van der Waals surface area contributed by atoms with Gasteiger partial charge in [-0.3, -0.25) is 14.9 Å². The average Bonchev–Trinajstić information content (AvgIpc) is 3.00. The van der Waals surface area contributed by atoms with Crippen molar-refractivity contribution in [3.05, 3.63) is 35.1 Å². The molecular formula is C17H20FN3O3S. The van der Waals surface area contributed by atoms with Gasteiger partial charge in [-0.15, -0.1) is 11.3 Å². The minimum absolute atomic E-state index is 0.0176. The Hall–Kier alpha value is -2.48. The number of benzene rings is 1. The van der Waals surface area contributed by atoms with Gasteiger partial charge in [0.05, 0.1) is 18.4 Å². The fourth-order valence-corrected chi connectivity index (χ4v) is 2.68. The summed E-state index contributed by atoms with van der Waals surface area (Å²) >= 11 is 1.25. The van der Waals surface area contributed by atoms with Crippen LogP contribution in [0.5, 0.6) is 5.75 Å². The van der Waals surface area contributed by atoms with Crippen LogP contribution in [0.15, 0.2) is 23.7 Å². The maximum absolute atomic E-state index is 14.6. The highest BCUT2D eigenvalue weighted by Gasteiger charge is 2.22. The molecule has 0 unspecified atom stereocenters. The van der Waals surface area contributed by atoms with E-state index in [0.29, 0.717) is 5.13 Å². The molecule has 0 fully saturated rings. The van der Waals surface area contributed by atoms with Crippen molar-refractivity contribution in [2.45, 2.75) is 27.2 Å². The number of amides is 2. The number of halogens is 1. The second-order valence-corrected chi connectivity index (χ2v) is 7.48. The van der Waals surface area contributed by atoms with Crippen molar-refractivity contribution in [2.75, 3.05) is 17.7 Å². The van der Waals surface area contributed by atoms with Crippen LogP contribution in [-0.4, -0.2) is 23.9 Å². The van der Waals surface area contributed by atoms with Gasteiger partial charge in [0, 0.05) is 18.0 Å². The first-order chi connectivity index (χ1) is 11.7. The molecule has 25 heavy (non-hydrogen) atoms. The van der Waals surface area contributed by atoms with E-state index in [1.54, 1.807) is 11.6 Å². The van der Waals surface area contributed by atoms with Gasteiger partial charge in [-0.1, -0.05) is 20.8 Å². The molecule has 0 spiro atoms. The van der Waals surface area contributed by atoms with Gasteiger partial charge < -0.3 is 10.1 Å². The van der Waals surface area contributed by atoms with Gasteiger partial charge >= 0.3 is 0 Å². The number of ether oxygens (including phenoxy) is 1. The van der Waals surface area contributed by atoms with Gasteiger partial charge in [-0.2, -0.15) is 0 Å². The summed E-state index contributed by atoms with van der Waals surface area (Å²) in [5.41, 5.74) is -0.237. The van der Waals surface area contributed by atoms with Gasteiger partial charge in [0.25, 0.3) is 5.91 Å². The minimum atomic E-state index is -0.795. The monoisotopic (exact) mass is 365 g/mol. The summed E-state index contributed by atoms with van der Waals surface area (Å²) in [4.78, 5) is 28.2. The largest absolute Gasteiger partial charge is 0.493 e. The summed E-state index contributed by atoms with van der Waals surface area (Å²) in [7, 11) is 1.26. The van der Waals surface area contributed by atoms with Crippen LogP contribution >= 0.6 is 11.3 Å². The number of anilines is 2. The second kappa shape index (κ2) is 7.60. The van der Waals surface area contributed by atoms with Crippen LogP contribution in [0.2, 0.25) is 0 Å². The molecule has 0 bridgehead atoms. The first-order valence-electron chi connectivity index (χ1n) is 7.58. The highest BCUT2D eigenvalue weighted by Crippen LogP contribution is 2.30. The molecule has 0 radical (unpaired) electrons. The van der Waals surface area contributed by atoms with Crippen LogP contribution in [0.4, 0.5) is 15.2 Å². The standard InChI is InChI=1S/C17H20FN3O3S/c1-17(2,3)9-12(22)20-11-6-5-10(14(24-4)13(11)18)15(23)21-16-19-7-8-25-16/h5-8H,9H2,1-4H3,(H,20,22)(H,19,21,23). The molecule has 1 heterocycles. The quantitative estimate of drug-likeness (QED) is 0.842. The Labute approximate surface area is 149 Å². The summed E-state index contributed by atoms with van der Waals surface area (Å²) in [6, 6.07) is 2.74. The fraction of sp³-hybridized carbons (Fsp3) is 0.353. The Kier molecular flexibility index (Phi) is 5.73. The zero-order valence-electron chi connectivity index (χ0n) is 14.5. The third-order valence-corrected chi connectivity index (χ3v) is 3.85. The lowest BCUT2D eigenvalue weighted by Crippen LogP contribution is -2.21. The number of hydrogen-bond acceptors (Lipinski definition) is 5. The highest BCUT2D eigenvalue weighted by atomic mass is 32.1. The van der Waals surface area contributed by atoms with E-state index in [-0.39, 0.29) is 34.7 Å². The smallest absolute Gasteiger partial charge is 0.261 e. The lowest BCUT2D eigenvalue weighted by molar-refractivity contribution is -0.117. The Morgan fingerprint density at radius 1 is 1.28 bits per heavy atom. The van der Waals surface area contributed by atoms with Crippen LogP contribution in [0.25, 0.3) is 0 Å². The van der Waals surface area contributed by atoms with Gasteiger partial charge in [-0.25, -0.2) is 9.37 Å². The number of rotatable bonds is 5. The van der Waals surface area contributed by atoms with Crippen molar-refractivity contribution >= 4 is 34.0 Å². The fourth-order valence-electron chi connectivity index (χ4n) is 2.16. The van der Waals surface area contributed by atoms with Crippen LogP contribution in [0.3, 0.4) is 0 Å². The van der Waals surface area contributed by atoms with Crippen molar-refractivity contribution in [2.24, 2.45) is 5.41 Å². The summed E-state index contributed by atoms with van der Waals surface area (Å²) < 4.78 is 19.7. The molecule has 2 amide bonds. The minimum Gasteiger partial charge on any atom is -0.493 e. The van der Waals surface area contributed by atoms with Gasteiger partial charge in [0.1, 0.15) is 0 Å². The Balaban J connectivity index is 2.23. The van der Waals surface area contributed by atoms with Crippen molar-refractivity contribution in [3.8, 4) is 5.75 Å². The molecule has 1 aromatic heterocycles. The molecule has 1 aromatic carbocycles. The van der Waals surface area contributed by atoms with Gasteiger partial charge in [0.15, 0.2) is 16.7 Å². The maximum Gasteiger partial charge on any atom is 0.261 e. The van der Waals surface area contributed by atoms with E-state index < -0.39 is 11.7 Å². The zero-order chi connectivity index (χ0) is 18.6. The van der Waals surface area contributed by atoms with Crippen molar-refractivity contribution < 1.29 is 18.7 Å². The van der Waals surface area contributed by atoms with Crippen LogP contribution in [0.1, 0.15) is 37.6 Å². The first-order valence-corrected chi connectivity index (χ1v) is 8.46. The van der Waals surface area contributed by atoms with E-state index in [2.05, 4.69) is 15.6 Å². The Morgan fingerprint density at radius 3 is 2.56 bits per heavy atom. The highest BCUT2D eigenvalue weighted by molar-refractivity contribution is 7.13. The number of hydrogen-bond donors (Lipinski definition) is 2. The van der Waals surface area contributed by atoms with Crippen LogP contribution < -0.4 is 15.4 Å². The SMILES string of the molecule is COc1c(C(=O)Nc2nccs2)ccc(NC(=O)CC(C)(C)C)c1F. The molecule has 0 saturated heterocycles. The first kappa shape index (κ1) is 18.9. The Bertz CT molecular complexity index is 770. The number of nitrogens with zero attached hydrogens (tertiary/aromatic N) is 1. The molecule has 0 saturated carbocycles. The predicted octanol–water partition coefficient (Wildman–Crippen LogP) is 3.92. The van der Waals surface area contributed by atoms with Gasteiger partial charge in [-0.05, 0) is 17.5 Å². The molecule has 2 rings (SSSR count). The van der Waals surface area contributed by atoms with Gasteiger partial charge in [0.2, 0.25) is 5.91 Å². The summed E-state index contributed by atoms with van der Waals surface area (Å²) in [5.74, 6) is -1.88. The summed E-state index contributed by atoms with van der Waals surface area (Å²) in [6.07, 6.45) is 1.78. The van der Waals surface area contributed by atoms with Crippen LogP contribution in [-0.2, 0) is 4.79 Å². The van der Waals surface area contributed by atoms with Crippen molar-refractivity contribution in [1.82, 2.24) is 4.98 Å². The van der Waals surface area contributed by atoms with E-state index in [1.165, 1.54) is 30.6 Å². The van der Waals surface area contributed by atoms with Crippen LogP contribution in [0, 0.1) is 11.2 Å². The molecule has 0 aliphatic rings. The number of carbonyl (C=O) groups excluding carboxylic acids is 2. The second-order valence-electron chi connectivity index (χ2n) is 6.58. The normalized spacial score (nSPS) is 11.1. The number of carbonyl (C=O) groups is 2. The number of methoxy groups -OCH3 is 1. The third-order valence-electron chi connectivity index (χ3n) is 3.16. The lowest BCUT2D eigenvalue weighted by atomic mass is 9.92. The zero-order valence-corrected chi connectivity index (χ0v) is 15.3. The van der Waals surface area contributed by atoms with E-state index in [4.69, 9.17) is 4.74 Å². The van der Waals surface area contributed by atoms with Crippen molar-refractivity contribution in [3.63, 3.8) is 0 Å². The molecule has 0 atom stereocenters. The lowest BCUT2D eigenvalue weighted by Gasteiger charge is -2.18. The molecule has 0 aliphatic heterocycles. The van der Waals surface area contributed by atoms with E-state index >= 15 is 0 Å². The summed E-state index contributed by atoms with van der Waals surface area (Å²) in [5, 5.41) is 7.19. The molecule has 134 valence electrons. The Morgan fingerprint density at radius 2 is 2.00 bits per heavy atom. The third kappa shape index (κ3) is 4.99. The van der Waals surface area contributed by atoms with E-state index in [9.17, 15) is 14.0 Å². The van der Waals surface area contributed by atoms with Crippen molar-refractivity contribution in [1.29, 1.82) is 0 Å². The predicted molar refractivity (Wildman–Crippen MR) is 95.7 cm³/mol. The van der Waals surface area contributed by atoms with E-state index in [1.807, 2.05) is 20.8 Å². The molecule has 2 aromatic rings. The molecule has 6 nitrogen and oxygen atoms in total. The van der Waals surface area contributed by atoms with E-state index in [0.717, 1.165) is 0 Å². The molecule has 2 N–H and O–H groups in total. The topological polar surface area (TPSA) is 80.3 Å². The summed E-state index contributed by atoms with van der Waals surface area (Å²) in [6.45, 7) is 5.74. The average molecular weight is 365 g/mol. The molecule has 0 aliphatic carbocycles. The molecule has 8 heteroatoms. The number of aromatic nitrogens is 1. The number of thiazole rings is 1.